The van der Waals surface area contributed by atoms with Crippen molar-refractivity contribution >= 4 is 11.9 Å². The van der Waals surface area contributed by atoms with E-state index < -0.39 is 29.2 Å². The smallest absolute Gasteiger partial charge is 0.346 e. The molecule has 9 nitrogen and oxygen atoms in total. The van der Waals surface area contributed by atoms with Crippen molar-refractivity contribution in [1.82, 2.24) is 0 Å². The minimum absolute atomic E-state index is 0.0555. The molecule has 26 heavy (non-hydrogen) atoms. The maximum atomic E-state index is 12.2. The third-order valence-electron chi connectivity index (χ3n) is 3.39. The van der Waals surface area contributed by atoms with Gasteiger partial charge in [-0.15, -0.1) is 0 Å². The molecule has 0 radical (unpaired) electrons. The van der Waals surface area contributed by atoms with Gasteiger partial charge in [0.25, 0.3) is 0 Å². The van der Waals surface area contributed by atoms with E-state index in [1.54, 1.807) is 0 Å². The number of aromatic hydroxyl groups is 3. The van der Waals surface area contributed by atoms with Gasteiger partial charge in [0.1, 0.15) is 0 Å². The number of ether oxygens (including phenoxy) is 4. The molecule has 0 heterocycles. The zero-order valence-electron chi connectivity index (χ0n) is 14.1. The monoisotopic (exact) mass is 364 g/mol. The van der Waals surface area contributed by atoms with Gasteiger partial charge in [-0.25, -0.2) is 9.59 Å². The number of rotatable bonds is 5. The number of hydrogen-bond donors (Lipinski definition) is 3. The van der Waals surface area contributed by atoms with E-state index in [9.17, 15) is 24.9 Å². The molecule has 0 saturated heterocycles. The molecule has 0 fully saturated rings. The van der Waals surface area contributed by atoms with Gasteiger partial charge < -0.3 is 34.3 Å². The predicted octanol–water partition coefficient (Wildman–Crippen LogP) is 1.83. The molecule has 0 aliphatic carbocycles. The molecule has 0 unspecified atom stereocenters. The molecule has 0 aliphatic rings. The second-order valence-corrected chi connectivity index (χ2v) is 4.95. The van der Waals surface area contributed by atoms with E-state index in [-0.39, 0.29) is 28.4 Å². The molecule has 0 atom stereocenters. The summed E-state index contributed by atoms with van der Waals surface area (Å²) >= 11 is 0. The van der Waals surface area contributed by atoms with Crippen molar-refractivity contribution in [3.63, 3.8) is 0 Å². The van der Waals surface area contributed by atoms with Crippen LogP contribution in [0.25, 0.3) is 0 Å². The lowest BCUT2D eigenvalue weighted by molar-refractivity contribution is 0.0396. The molecule has 2 aromatic carbocycles. The van der Waals surface area contributed by atoms with Crippen LogP contribution in [0.15, 0.2) is 24.3 Å². The number of carbonyl (C=O) groups excluding carboxylic acids is 2. The van der Waals surface area contributed by atoms with Gasteiger partial charge in [-0.2, -0.15) is 0 Å². The minimum Gasteiger partial charge on any atom is -0.504 e. The largest absolute Gasteiger partial charge is 0.504 e. The third kappa shape index (κ3) is 3.56. The van der Waals surface area contributed by atoms with Gasteiger partial charge in [0.05, 0.1) is 32.5 Å². The molecule has 2 rings (SSSR count). The molecule has 2 aromatic rings. The molecular weight excluding hydrogens is 348 g/mol. The molecule has 0 bridgehead atoms. The van der Waals surface area contributed by atoms with Crippen molar-refractivity contribution in [3.05, 3.63) is 35.4 Å². The van der Waals surface area contributed by atoms with Crippen LogP contribution in [0.5, 0.6) is 34.5 Å². The first kappa shape index (κ1) is 18.7. The van der Waals surface area contributed by atoms with E-state index in [4.69, 9.17) is 18.9 Å². The first-order chi connectivity index (χ1) is 12.3. The van der Waals surface area contributed by atoms with Crippen molar-refractivity contribution in [2.45, 2.75) is 0 Å². The van der Waals surface area contributed by atoms with Gasteiger partial charge in [0, 0.05) is 0 Å². The lowest BCUT2D eigenvalue weighted by Gasteiger charge is -2.13. The highest BCUT2D eigenvalue weighted by Gasteiger charge is 2.22. The van der Waals surface area contributed by atoms with Gasteiger partial charge in [0.2, 0.25) is 5.75 Å². The Morgan fingerprint density at radius 2 is 1.15 bits per heavy atom. The second kappa shape index (κ2) is 7.51. The average Bonchev–Trinajstić information content (AvgIpc) is 2.63. The van der Waals surface area contributed by atoms with E-state index in [0.717, 1.165) is 12.1 Å². The summed E-state index contributed by atoms with van der Waals surface area (Å²) in [4.78, 5) is 24.3. The molecule has 3 N–H and O–H groups in total. The highest BCUT2D eigenvalue weighted by Crippen LogP contribution is 2.39. The van der Waals surface area contributed by atoms with Crippen LogP contribution in [0.2, 0.25) is 0 Å². The summed E-state index contributed by atoms with van der Waals surface area (Å²) in [5.41, 5.74) is -0.390. The van der Waals surface area contributed by atoms with Gasteiger partial charge in [-0.05, 0) is 24.3 Å². The number of esters is 2. The van der Waals surface area contributed by atoms with Crippen LogP contribution in [0, 0.1) is 0 Å². The Balaban J connectivity index is 2.31. The van der Waals surface area contributed by atoms with E-state index in [1.807, 2.05) is 0 Å². The van der Waals surface area contributed by atoms with Crippen molar-refractivity contribution in [2.24, 2.45) is 0 Å². The second-order valence-electron chi connectivity index (χ2n) is 4.95. The summed E-state index contributed by atoms with van der Waals surface area (Å²) in [6, 6.07) is 4.28. The number of carbonyl (C=O) groups is 2. The summed E-state index contributed by atoms with van der Waals surface area (Å²) in [5, 5.41) is 28.1. The van der Waals surface area contributed by atoms with Crippen LogP contribution in [0.3, 0.4) is 0 Å². The van der Waals surface area contributed by atoms with Crippen LogP contribution >= 0.6 is 0 Å². The average molecular weight is 364 g/mol. The number of phenols is 3. The van der Waals surface area contributed by atoms with E-state index >= 15 is 0 Å². The molecule has 0 spiro atoms. The van der Waals surface area contributed by atoms with E-state index in [0.29, 0.717) is 0 Å². The Hall–Kier alpha value is -3.62. The number of hydrogen-bond acceptors (Lipinski definition) is 9. The Bertz CT molecular complexity index is 809. The predicted molar refractivity (Wildman–Crippen MR) is 87.3 cm³/mol. The fraction of sp³-hybridized carbons (Fsp3) is 0.176. The summed E-state index contributed by atoms with van der Waals surface area (Å²) < 4.78 is 20.1. The summed E-state index contributed by atoms with van der Waals surface area (Å²) in [7, 11) is 4.12. The first-order valence-electron chi connectivity index (χ1n) is 7.13. The van der Waals surface area contributed by atoms with Crippen molar-refractivity contribution in [2.75, 3.05) is 21.3 Å². The van der Waals surface area contributed by atoms with E-state index in [2.05, 4.69) is 0 Å². The standard InChI is InChI=1S/C17H16O9/c1-23-12-6-9(7-13(24-2)15(12)25-3)17(22)26-16(21)8-4-10(18)14(20)11(19)5-8/h4-7,18-20H,1-3H3. The Kier molecular flexibility index (Phi) is 5.41. The number of benzene rings is 2. The van der Waals surface area contributed by atoms with Crippen LogP contribution in [-0.4, -0.2) is 48.6 Å². The lowest BCUT2D eigenvalue weighted by atomic mass is 10.1. The van der Waals surface area contributed by atoms with Gasteiger partial charge in [0.15, 0.2) is 28.7 Å². The molecule has 0 saturated carbocycles. The normalized spacial score (nSPS) is 10.1. The van der Waals surface area contributed by atoms with Crippen LogP contribution < -0.4 is 14.2 Å². The SMILES string of the molecule is COc1cc(C(=O)OC(=O)c2cc(O)c(O)c(O)c2)cc(OC)c1OC. The molecular formula is C17H16O9. The summed E-state index contributed by atoms with van der Waals surface area (Å²) in [6.45, 7) is 0. The lowest BCUT2D eigenvalue weighted by Crippen LogP contribution is -2.13. The van der Waals surface area contributed by atoms with Crippen molar-refractivity contribution in [3.8, 4) is 34.5 Å². The Morgan fingerprint density at radius 1 is 0.731 bits per heavy atom. The fourth-order valence-corrected chi connectivity index (χ4v) is 2.12. The minimum atomic E-state index is -1.14. The quantitative estimate of drug-likeness (QED) is 0.413. The van der Waals surface area contributed by atoms with Crippen molar-refractivity contribution < 1.29 is 43.9 Å². The third-order valence-corrected chi connectivity index (χ3v) is 3.39. The molecule has 0 amide bonds. The number of methoxy groups -OCH3 is 3. The zero-order chi connectivity index (χ0) is 19.4. The van der Waals surface area contributed by atoms with Crippen molar-refractivity contribution in [1.29, 1.82) is 0 Å². The van der Waals surface area contributed by atoms with Gasteiger partial charge >= 0.3 is 11.9 Å². The molecule has 9 heteroatoms. The molecule has 0 aromatic heterocycles. The Morgan fingerprint density at radius 3 is 1.54 bits per heavy atom. The van der Waals surface area contributed by atoms with Crippen LogP contribution in [0.4, 0.5) is 0 Å². The summed E-state index contributed by atoms with van der Waals surface area (Å²) in [5.74, 6) is -3.81. The van der Waals surface area contributed by atoms with Gasteiger partial charge in [-0.3, -0.25) is 0 Å². The summed E-state index contributed by atoms with van der Waals surface area (Å²) in [6.07, 6.45) is 0. The van der Waals surface area contributed by atoms with Crippen LogP contribution in [-0.2, 0) is 4.74 Å². The zero-order valence-corrected chi connectivity index (χ0v) is 14.1. The highest BCUT2D eigenvalue weighted by molar-refractivity contribution is 6.03. The maximum Gasteiger partial charge on any atom is 0.346 e. The molecule has 138 valence electrons. The Labute approximate surface area is 147 Å². The molecule has 0 aliphatic heterocycles. The van der Waals surface area contributed by atoms with E-state index in [1.165, 1.54) is 33.5 Å². The highest BCUT2D eigenvalue weighted by atomic mass is 16.6. The topological polar surface area (TPSA) is 132 Å². The maximum absolute atomic E-state index is 12.2. The first-order valence-corrected chi connectivity index (χ1v) is 7.13. The fourth-order valence-electron chi connectivity index (χ4n) is 2.12. The number of phenolic OH excluding ortho intramolecular Hbond substituents is 3. The van der Waals surface area contributed by atoms with Crippen LogP contribution in [0.1, 0.15) is 20.7 Å². The van der Waals surface area contributed by atoms with Gasteiger partial charge in [-0.1, -0.05) is 0 Å².